The predicted molar refractivity (Wildman–Crippen MR) is 91.0 cm³/mol. The van der Waals surface area contributed by atoms with E-state index in [9.17, 15) is 9.59 Å². The molecule has 3 aromatic rings. The maximum atomic E-state index is 12.3. The van der Waals surface area contributed by atoms with E-state index >= 15 is 0 Å². The summed E-state index contributed by atoms with van der Waals surface area (Å²) in [6.45, 7) is 0. The first kappa shape index (κ1) is 13.7. The van der Waals surface area contributed by atoms with E-state index in [1.54, 1.807) is 24.3 Å². The van der Waals surface area contributed by atoms with Gasteiger partial charge < -0.3 is 4.98 Å². The van der Waals surface area contributed by atoms with Crippen molar-refractivity contribution in [1.29, 1.82) is 0 Å². The van der Waals surface area contributed by atoms with Gasteiger partial charge in [0.15, 0.2) is 0 Å². The first-order valence-electron chi connectivity index (χ1n) is 6.19. The van der Waals surface area contributed by atoms with Crippen molar-refractivity contribution >= 4 is 39.7 Å². The third-order valence-electron chi connectivity index (χ3n) is 2.98. The third-order valence-corrected chi connectivity index (χ3v) is 3.70. The van der Waals surface area contributed by atoms with Crippen LogP contribution < -0.4 is 11.2 Å². The number of hydrogen-bond acceptors (Lipinski definition) is 3. The lowest BCUT2D eigenvalue weighted by Crippen LogP contribution is -2.32. The van der Waals surface area contributed by atoms with Gasteiger partial charge >= 0.3 is 5.69 Å². The molecule has 0 saturated carbocycles. The topological polar surface area (TPSA) is 67.2 Å². The number of benzene rings is 2. The number of aromatic nitrogens is 2. The van der Waals surface area contributed by atoms with Crippen LogP contribution >= 0.6 is 22.6 Å². The highest BCUT2D eigenvalue weighted by Crippen LogP contribution is 2.05. The molecule has 0 radical (unpaired) electrons. The van der Waals surface area contributed by atoms with Crippen molar-refractivity contribution in [2.75, 3.05) is 0 Å². The standard InChI is InChI=1S/C15H10IN3O2/c16-11-7-5-10(6-8-11)9-17-19-14(20)12-3-1-2-4-13(12)18-15(19)21/h1-9H,(H,18,21). The Bertz CT molecular complexity index is 940. The monoisotopic (exact) mass is 391 g/mol. The second-order valence-corrected chi connectivity index (χ2v) is 5.63. The van der Waals surface area contributed by atoms with Gasteiger partial charge in [0.1, 0.15) is 0 Å². The molecule has 21 heavy (non-hydrogen) atoms. The van der Waals surface area contributed by atoms with Crippen LogP contribution in [0.5, 0.6) is 0 Å². The van der Waals surface area contributed by atoms with E-state index in [2.05, 4.69) is 32.7 Å². The van der Waals surface area contributed by atoms with Crippen molar-refractivity contribution < 1.29 is 0 Å². The highest BCUT2D eigenvalue weighted by molar-refractivity contribution is 14.1. The number of H-pyrrole nitrogens is 1. The molecule has 1 aromatic heterocycles. The van der Waals surface area contributed by atoms with Crippen LogP contribution in [0.1, 0.15) is 5.56 Å². The third kappa shape index (κ3) is 2.80. The minimum absolute atomic E-state index is 0.428. The van der Waals surface area contributed by atoms with E-state index in [1.807, 2.05) is 24.3 Å². The molecule has 3 rings (SSSR count). The van der Waals surface area contributed by atoms with Gasteiger partial charge in [0.2, 0.25) is 0 Å². The summed E-state index contributed by atoms with van der Waals surface area (Å²) < 4.78 is 1.94. The first-order chi connectivity index (χ1) is 10.1. The van der Waals surface area contributed by atoms with Gasteiger partial charge in [0.25, 0.3) is 5.56 Å². The van der Waals surface area contributed by atoms with Crippen molar-refractivity contribution in [2.24, 2.45) is 5.10 Å². The van der Waals surface area contributed by atoms with Crippen LogP contribution in [0.15, 0.2) is 63.2 Å². The SMILES string of the molecule is O=c1[nH]c2ccccc2c(=O)n1N=Cc1ccc(I)cc1. The summed E-state index contributed by atoms with van der Waals surface area (Å²) in [6.07, 6.45) is 1.49. The van der Waals surface area contributed by atoms with Crippen LogP contribution in [-0.2, 0) is 0 Å². The number of halogens is 1. The molecule has 0 aliphatic rings. The number of rotatable bonds is 2. The number of nitrogens with zero attached hydrogens (tertiary/aromatic N) is 2. The largest absolute Gasteiger partial charge is 0.349 e. The molecule has 1 N–H and O–H groups in total. The van der Waals surface area contributed by atoms with E-state index in [4.69, 9.17) is 0 Å². The van der Waals surface area contributed by atoms with Gasteiger partial charge in [0, 0.05) is 3.57 Å². The number of nitrogens with one attached hydrogen (secondary N) is 1. The average molecular weight is 391 g/mol. The van der Waals surface area contributed by atoms with E-state index in [1.165, 1.54) is 6.21 Å². The Hall–Kier alpha value is -2.22. The highest BCUT2D eigenvalue weighted by Gasteiger charge is 2.05. The molecule has 0 amide bonds. The fourth-order valence-electron chi connectivity index (χ4n) is 1.93. The maximum absolute atomic E-state index is 12.3. The molecule has 0 atom stereocenters. The van der Waals surface area contributed by atoms with Crippen molar-refractivity contribution in [3.05, 3.63) is 78.5 Å². The zero-order chi connectivity index (χ0) is 14.8. The van der Waals surface area contributed by atoms with Crippen LogP contribution in [0.25, 0.3) is 10.9 Å². The molecular formula is C15H10IN3O2. The summed E-state index contributed by atoms with van der Waals surface area (Å²) in [5, 5.41) is 4.42. The fraction of sp³-hybridized carbons (Fsp3) is 0. The smallest absolute Gasteiger partial charge is 0.305 e. The van der Waals surface area contributed by atoms with Crippen LogP contribution in [0.3, 0.4) is 0 Å². The second-order valence-electron chi connectivity index (χ2n) is 4.39. The lowest BCUT2D eigenvalue weighted by atomic mass is 10.2. The number of fused-ring (bicyclic) bond motifs is 1. The summed E-state index contributed by atoms with van der Waals surface area (Å²) in [5.41, 5.74) is 0.333. The molecule has 1 heterocycles. The van der Waals surface area contributed by atoms with Crippen molar-refractivity contribution in [2.45, 2.75) is 0 Å². The van der Waals surface area contributed by atoms with Crippen molar-refractivity contribution in [1.82, 2.24) is 9.66 Å². The second kappa shape index (κ2) is 5.65. The Morgan fingerprint density at radius 2 is 1.76 bits per heavy atom. The summed E-state index contributed by atoms with van der Waals surface area (Å²) in [5.74, 6) is 0. The van der Waals surface area contributed by atoms with Crippen molar-refractivity contribution in [3.63, 3.8) is 0 Å². The molecule has 0 unspecified atom stereocenters. The molecule has 0 fully saturated rings. The zero-order valence-corrected chi connectivity index (χ0v) is 12.9. The zero-order valence-electron chi connectivity index (χ0n) is 10.8. The molecule has 104 valence electrons. The maximum Gasteiger partial charge on any atom is 0.349 e. The average Bonchev–Trinajstić information content (AvgIpc) is 2.49. The van der Waals surface area contributed by atoms with Crippen LogP contribution in [0, 0.1) is 3.57 Å². The molecule has 0 saturated heterocycles. The molecule has 0 aliphatic heterocycles. The quantitative estimate of drug-likeness (QED) is 0.538. The molecule has 0 bridgehead atoms. The molecule has 0 aliphatic carbocycles. The van der Waals surface area contributed by atoms with Gasteiger partial charge in [-0.25, -0.2) is 4.79 Å². The van der Waals surface area contributed by atoms with Gasteiger partial charge in [-0.2, -0.15) is 5.10 Å². The molecule has 6 heteroatoms. The number of aromatic amines is 1. The van der Waals surface area contributed by atoms with Gasteiger partial charge in [-0.05, 0) is 52.4 Å². The Kier molecular flexibility index (Phi) is 3.70. The summed E-state index contributed by atoms with van der Waals surface area (Å²) in [4.78, 5) is 26.8. The molecule has 5 nitrogen and oxygen atoms in total. The molecular weight excluding hydrogens is 381 g/mol. The highest BCUT2D eigenvalue weighted by atomic mass is 127. The van der Waals surface area contributed by atoms with E-state index in [0.29, 0.717) is 10.9 Å². The van der Waals surface area contributed by atoms with Gasteiger partial charge in [0.05, 0.1) is 17.1 Å². The Morgan fingerprint density at radius 3 is 2.52 bits per heavy atom. The van der Waals surface area contributed by atoms with Crippen LogP contribution in [-0.4, -0.2) is 15.9 Å². The molecule has 0 spiro atoms. The van der Waals surface area contributed by atoms with E-state index in [0.717, 1.165) is 13.8 Å². The minimum atomic E-state index is -0.555. The normalized spacial score (nSPS) is 11.3. The fourth-order valence-corrected chi connectivity index (χ4v) is 2.29. The van der Waals surface area contributed by atoms with Crippen LogP contribution in [0.4, 0.5) is 0 Å². The van der Waals surface area contributed by atoms with E-state index in [-0.39, 0.29) is 0 Å². The molecule has 2 aromatic carbocycles. The lowest BCUT2D eigenvalue weighted by Gasteiger charge is -2.00. The minimum Gasteiger partial charge on any atom is -0.305 e. The Balaban J connectivity index is 2.10. The Labute approximate surface area is 133 Å². The summed E-state index contributed by atoms with van der Waals surface area (Å²) in [6, 6.07) is 14.4. The summed E-state index contributed by atoms with van der Waals surface area (Å²) >= 11 is 2.20. The number of para-hydroxylation sites is 1. The first-order valence-corrected chi connectivity index (χ1v) is 7.27. The van der Waals surface area contributed by atoms with Gasteiger partial charge in [-0.1, -0.05) is 24.3 Å². The lowest BCUT2D eigenvalue weighted by molar-refractivity contribution is 0.771. The summed E-state index contributed by atoms with van der Waals surface area (Å²) in [7, 11) is 0. The van der Waals surface area contributed by atoms with Gasteiger partial charge in [-0.3, -0.25) is 4.79 Å². The van der Waals surface area contributed by atoms with Crippen LogP contribution in [0.2, 0.25) is 0 Å². The van der Waals surface area contributed by atoms with Crippen molar-refractivity contribution in [3.8, 4) is 0 Å². The van der Waals surface area contributed by atoms with E-state index < -0.39 is 11.2 Å². The number of hydrogen-bond donors (Lipinski definition) is 1. The Morgan fingerprint density at radius 1 is 1.05 bits per heavy atom. The van der Waals surface area contributed by atoms with Gasteiger partial charge in [-0.15, -0.1) is 4.68 Å². The predicted octanol–water partition coefficient (Wildman–Crippen LogP) is 2.18.